The molecule has 2 heterocycles. The number of carboxylic acids is 1. The van der Waals surface area contributed by atoms with Crippen LogP contribution in [0.2, 0.25) is 0 Å². The molecule has 0 unspecified atom stereocenters. The second-order valence-electron chi connectivity index (χ2n) is 4.92. The van der Waals surface area contributed by atoms with Crippen LogP contribution in [0.25, 0.3) is 11.2 Å². The molecule has 0 aliphatic rings. The first-order valence-electron chi connectivity index (χ1n) is 6.88. The van der Waals surface area contributed by atoms with Gasteiger partial charge in [-0.25, -0.2) is 9.97 Å². The minimum atomic E-state index is -0.839. The van der Waals surface area contributed by atoms with Gasteiger partial charge in [0, 0.05) is 18.8 Å². The van der Waals surface area contributed by atoms with Gasteiger partial charge in [-0.2, -0.15) is 0 Å². The lowest BCUT2D eigenvalue weighted by atomic mass is 10.3. The Morgan fingerprint density at radius 2 is 2.19 bits per heavy atom. The van der Waals surface area contributed by atoms with E-state index in [0.717, 1.165) is 41.6 Å². The van der Waals surface area contributed by atoms with Gasteiger partial charge in [0.2, 0.25) is 0 Å². The fourth-order valence-corrected chi connectivity index (χ4v) is 2.69. The molecule has 0 spiro atoms. The van der Waals surface area contributed by atoms with Crippen LogP contribution in [-0.4, -0.2) is 56.4 Å². The van der Waals surface area contributed by atoms with E-state index in [1.54, 1.807) is 0 Å². The normalized spacial score (nSPS) is 11.4. The van der Waals surface area contributed by atoms with Gasteiger partial charge >= 0.3 is 5.97 Å². The van der Waals surface area contributed by atoms with E-state index in [4.69, 9.17) is 5.11 Å². The molecule has 0 saturated carbocycles. The predicted molar refractivity (Wildman–Crippen MR) is 83.8 cm³/mol. The summed E-state index contributed by atoms with van der Waals surface area (Å²) in [6.07, 6.45) is 0. The number of hydrogen-bond donors (Lipinski definition) is 1. The monoisotopic (exact) mass is 308 g/mol. The van der Waals surface area contributed by atoms with Crippen molar-refractivity contribution in [1.82, 2.24) is 19.4 Å². The van der Waals surface area contributed by atoms with Gasteiger partial charge in [-0.3, -0.25) is 4.79 Å². The number of carboxylic acid groups (broad SMARTS) is 1. The van der Waals surface area contributed by atoms with Crippen molar-refractivity contribution in [3.05, 3.63) is 17.8 Å². The van der Waals surface area contributed by atoms with Crippen molar-refractivity contribution in [3.8, 4) is 0 Å². The van der Waals surface area contributed by atoms with E-state index in [-0.39, 0.29) is 5.75 Å². The van der Waals surface area contributed by atoms with Gasteiger partial charge in [-0.1, -0.05) is 18.7 Å². The lowest BCUT2D eigenvalue weighted by Crippen LogP contribution is -2.23. The van der Waals surface area contributed by atoms with Gasteiger partial charge in [0.1, 0.15) is 5.52 Å². The van der Waals surface area contributed by atoms with Gasteiger partial charge in [0.05, 0.1) is 5.75 Å². The number of imidazole rings is 1. The van der Waals surface area contributed by atoms with E-state index in [1.807, 2.05) is 23.6 Å². The molecule has 2 aromatic heterocycles. The lowest BCUT2D eigenvalue weighted by molar-refractivity contribution is -0.133. The molecule has 21 heavy (non-hydrogen) atoms. The van der Waals surface area contributed by atoms with E-state index >= 15 is 0 Å². The van der Waals surface area contributed by atoms with Crippen LogP contribution in [-0.2, 0) is 11.3 Å². The number of fused-ring (bicyclic) bond motifs is 1. The zero-order valence-electron chi connectivity index (χ0n) is 12.5. The lowest BCUT2D eigenvalue weighted by Gasteiger charge is -2.15. The summed E-state index contributed by atoms with van der Waals surface area (Å²) < 4.78 is 2.02. The number of carbonyl (C=O) groups is 1. The molecule has 0 radical (unpaired) electrons. The van der Waals surface area contributed by atoms with Crippen molar-refractivity contribution in [2.75, 3.05) is 25.9 Å². The molecule has 1 N–H and O–H groups in total. The van der Waals surface area contributed by atoms with Crippen molar-refractivity contribution < 1.29 is 9.90 Å². The number of aryl methyl sites for hydroxylation is 1. The molecule has 0 fully saturated rings. The van der Waals surface area contributed by atoms with Crippen LogP contribution in [0.3, 0.4) is 0 Å². The third-order valence-corrected chi connectivity index (χ3v) is 4.23. The van der Waals surface area contributed by atoms with Gasteiger partial charge in [0.15, 0.2) is 10.8 Å². The minimum Gasteiger partial charge on any atom is -0.481 e. The van der Waals surface area contributed by atoms with E-state index < -0.39 is 5.97 Å². The molecule has 2 aromatic rings. The summed E-state index contributed by atoms with van der Waals surface area (Å²) in [5, 5.41) is 9.58. The Balaban J connectivity index is 2.33. The van der Waals surface area contributed by atoms with Crippen LogP contribution in [0, 0.1) is 6.92 Å². The van der Waals surface area contributed by atoms with E-state index in [2.05, 4.69) is 28.8 Å². The first-order chi connectivity index (χ1) is 10.0. The Labute approximate surface area is 128 Å². The van der Waals surface area contributed by atoms with Crippen molar-refractivity contribution in [2.24, 2.45) is 0 Å². The van der Waals surface area contributed by atoms with Crippen molar-refractivity contribution in [3.63, 3.8) is 0 Å². The Hall–Kier alpha value is -1.60. The third kappa shape index (κ3) is 3.95. The highest BCUT2D eigenvalue weighted by Crippen LogP contribution is 2.23. The van der Waals surface area contributed by atoms with E-state index in [9.17, 15) is 4.79 Å². The van der Waals surface area contributed by atoms with Gasteiger partial charge in [0.25, 0.3) is 0 Å². The molecule has 0 aliphatic heterocycles. The van der Waals surface area contributed by atoms with Crippen LogP contribution >= 0.6 is 11.8 Å². The summed E-state index contributed by atoms with van der Waals surface area (Å²) >= 11 is 1.24. The number of rotatable bonds is 7. The number of hydrogen-bond acceptors (Lipinski definition) is 5. The summed E-state index contributed by atoms with van der Waals surface area (Å²) in [5.41, 5.74) is 2.57. The van der Waals surface area contributed by atoms with Gasteiger partial charge < -0.3 is 14.6 Å². The SMILES string of the molecule is CCN(C)CCn1c(SCC(=O)O)nc2ccc(C)nc21. The summed E-state index contributed by atoms with van der Waals surface area (Å²) in [6.45, 7) is 6.64. The summed E-state index contributed by atoms with van der Waals surface area (Å²) in [5.74, 6) is -0.834. The fourth-order valence-electron chi connectivity index (χ4n) is 1.94. The molecule has 6 nitrogen and oxygen atoms in total. The van der Waals surface area contributed by atoms with Crippen molar-refractivity contribution in [1.29, 1.82) is 0 Å². The molecule has 0 aliphatic carbocycles. The standard InChI is InChI=1S/C14H20N4O2S/c1-4-17(3)7-8-18-13-11(6-5-10(2)15-13)16-14(18)21-9-12(19)20/h5-6H,4,7-9H2,1-3H3,(H,19,20). The molecule has 0 bridgehead atoms. The highest BCUT2D eigenvalue weighted by atomic mass is 32.2. The van der Waals surface area contributed by atoms with E-state index in [1.165, 1.54) is 11.8 Å². The van der Waals surface area contributed by atoms with Crippen LogP contribution in [0.15, 0.2) is 17.3 Å². The fraction of sp³-hybridized carbons (Fsp3) is 0.500. The number of likely N-dealkylation sites (N-methyl/N-ethyl adjacent to an activating group) is 1. The maximum absolute atomic E-state index is 10.8. The highest BCUT2D eigenvalue weighted by Gasteiger charge is 2.14. The number of aliphatic carboxylic acids is 1. The molecule has 2 rings (SSSR count). The average molecular weight is 308 g/mol. The largest absolute Gasteiger partial charge is 0.481 e. The van der Waals surface area contributed by atoms with Crippen LogP contribution < -0.4 is 0 Å². The Morgan fingerprint density at radius 3 is 2.86 bits per heavy atom. The van der Waals surface area contributed by atoms with Crippen LogP contribution in [0.1, 0.15) is 12.6 Å². The van der Waals surface area contributed by atoms with Crippen LogP contribution in [0.5, 0.6) is 0 Å². The number of thioether (sulfide) groups is 1. The summed E-state index contributed by atoms with van der Waals surface area (Å²) in [6, 6.07) is 3.85. The molecule has 0 saturated heterocycles. The second kappa shape index (κ2) is 6.91. The Kier molecular flexibility index (Phi) is 5.19. The van der Waals surface area contributed by atoms with E-state index in [0.29, 0.717) is 0 Å². The molecular weight excluding hydrogens is 288 g/mol. The van der Waals surface area contributed by atoms with Gasteiger partial charge in [-0.05, 0) is 32.6 Å². The smallest absolute Gasteiger partial charge is 0.313 e. The average Bonchev–Trinajstić information content (AvgIpc) is 2.79. The molecule has 114 valence electrons. The molecule has 0 aromatic carbocycles. The zero-order chi connectivity index (χ0) is 15.4. The first-order valence-corrected chi connectivity index (χ1v) is 7.87. The maximum Gasteiger partial charge on any atom is 0.313 e. The minimum absolute atomic E-state index is 0.00587. The zero-order valence-corrected chi connectivity index (χ0v) is 13.4. The predicted octanol–water partition coefficient (Wildman–Crippen LogP) is 1.87. The van der Waals surface area contributed by atoms with Crippen LogP contribution in [0.4, 0.5) is 0 Å². The second-order valence-corrected chi connectivity index (χ2v) is 5.86. The van der Waals surface area contributed by atoms with Crippen molar-refractivity contribution >= 4 is 28.9 Å². The Bertz CT molecular complexity index is 641. The van der Waals surface area contributed by atoms with Gasteiger partial charge in [-0.15, -0.1) is 0 Å². The molecular formula is C14H20N4O2S. The molecule has 7 heteroatoms. The molecule has 0 amide bonds. The topological polar surface area (TPSA) is 71.2 Å². The summed E-state index contributed by atoms with van der Waals surface area (Å²) in [7, 11) is 2.06. The molecule has 0 atom stereocenters. The van der Waals surface area contributed by atoms with Crippen molar-refractivity contribution in [2.45, 2.75) is 25.5 Å². The Morgan fingerprint density at radius 1 is 1.43 bits per heavy atom. The first kappa shape index (κ1) is 15.8. The quantitative estimate of drug-likeness (QED) is 0.787. The number of nitrogens with zero attached hydrogens (tertiary/aromatic N) is 4. The number of aromatic nitrogens is 3. The third-order valence-electron chi connectivity index (χ3n) is 3.27. The number of pyridine rings is 1. The highest BCUT2D eigenvalue weighted by molar-refractivity contribution is 7.99. The summed E-state index contributed by atoms with van der Waals surface area (Å²) in [4.78, 5) is 22.0. The maximum atomic E-state index is 10.8.